The zero-order valence-electron chi connectivity index (χ0n) is 15.2. The Labute approximate surface area is 153 Å². The van der Waals surface area contributed by atoms with Crippen LogP contribution in [0.5, 0.6) is 0 Å². The van der Waals surface area contributed by atoms with Crippen LogP contribution in [-0.4, -0.2) is 6.54 Å². The first-order valence-electron chi connectivity index (χ1n) is 9.70. The molecule has 0 aliphatic heterocycles. The molecule has 0 N–H and O–H groups in total. The molecule has 2 heteroatoms. The van der Waals surface area contributed by atoms with Gasteiger partial charge in [0.05, 0.1) is 6.54 Å². The van der Waals surface area contributed by atoms with Gasteiger partial charge in [-0.15, -0.1) is 0 Å². The fourth-order valence-electron chi connectivity index (χ4n) is 5.13. The molecule has 130 valence electrons. The molecule has 0 bridgehead atoms. The summed E-state index contributed by atoms with van der Waals surface area (Å²) < 4.78 is 0. The third-order valence-electron chi connectivity index (χ3n) is 6.19. The lowest BCUT2D eigenvalue weighted by Crippen LogP contribution is -2.23. The molecule has 0 spiro atoms. The molecule has 2 aromatic rings. The number of nitrogens with zero attached hydrogens (tertiary/aromatic N) is 1. The zero-order valence-corrected chi connectivity index (χ0v) is 15.2. The van der Waals surface area contributed by atoms with E-state index in [1.165, 1.54) is 49.1 Å². The molecule has 2 aromatic carbocycles. The lowest BCUT2D eigenvalue weighted by atomic mass is 9.79. The largest absolute Gasteiger partial charge is 0.151 e. The Bertz CT molecular complexity index is 1120. The lowest BCUT2D eigenvalue weighted by molar-refractivity contribution is 0.647. The molecular formula is C24H23NO. The van der Waals surface area contributed by atoms with Crippen molar-refractivity contribution in [2.45, 2.75) is 39.0 Å². The summed E-state index contributed by atoms with van der Waals surface area (Å²) in [4.78, 5) is 10.8. The van der Waals surface area contributed by atoms with E-state index in [0.717, 1.165) is 32.1 Å². The van der Waals surface area contributed by atoms with Crippen LogP contribution in [0.1, 0.15) is 37.3 Å². The van der Waals surface area contributed by atoms with Crippen LogP contribution >= 0.6 is 0 Å². The molecule has 0 saturated carbocycles. The first-order chi connectivity index (χ1) is 12.7. The van der Waals surface area contributed by atoms with Crippen molar-refractivity contribution in [2.75, 3.05) is 6.54 Å². The molecule has 0 amide bonds. The maximum atomic E-state index is 10.8. The van der Waals surface area contributed by atoms with Crippen LogP contribution in [0.3, 0.4) is 0 Å². The van der Waals surface area contributed by atoms with Gasteiger partial charge < -0.3 is 0 Å². The monoisotopic (exact) mass is 341 g/mol. The van der Waals surface area contributed by atoms with Gasteiger partial charge in [0.25, 0.3) is 0 Å². The highest BCUT2D eigenvalue weighted by Gasteiger charge is 2.22. The Balaban J connectivity index is 1.79. The summed E-state index contributed by atoms with van der Waals surface area (Å²) in [5, 5.41) is 8.95. The first-order valence-corrected chi connectivity index (χ1v) is 9.70. The predicted molar refractivity (Wildman–Crippen MR) is 108 cm³/mol. The van der Waals surface area contributed by atoms with E-state index in [1.54, 1.807) is 0 Å². The van der Waals surface area contributed by atoms with E-state index in [1.807, 2.05) is 0 Å². The maximum Gasteiger partial charge on any atom is 0.0877 e. The van der Waals surface area contributed by atoms with E-state index in [-0.39, 0.29) is 5.92 Å². The summed E-state index contributed by atoms with van der Waals surface area (Å²) in [5.41, 5.74) is 7.14. The molecule has 1 unspecified atom stereocenters. The molecule has 5 rings (SSSR count). The van der Waals surface area contributed by atoms with E-state index in [2.05, 4.69) is 54.6 Å². The molecule has 0 fully saturated rings. The normalized spacial score (nSPS) is 21.1. The van der Waals surface area contributed by atoms with Gasteiger partial charge in [-0.3, -0.25) is 0 Å². The van der Waals surface area contributed by atoms with Gasteiger partial charge in [0.1, 0.15) is 0 Å². The summed E-state index contributed by atoms with van der Waals surface area (Å²) in [6.45, 7) is 2.52. The van der Waals surface area contributed by atoms with Gasteiger partial charge in [0.15, 0.2) is 0 Å². The Morgan fingerprint density at radius 2 is 1.88 bits per heavy atom. The average Bonchev–Trinajstić information content (AvgIpc) is 2.66. The molecule has 1 atom stereocenters. The van der Waals surface area contributed by atoms with Crippen molar-refractivity contribution >= 4 is 22.4 Å². The van der Waals surface area contributed by atoms with E-state index < -0.39 is 0 Å². The van der Waals surface area contributed by atoms with Crippen LogP contribution in [0.4, 0.5) is 0 Å². The number of rotatable bonds is 3. The average molecular weight is 341 g/mol. The van der Waals surface area contributed by atoms with E-state index >= 15 is 0 Å². The van der Waals surface area contributed by atoms with E-state index in [0.29, 0.717) is 6.54 Å². The van der Waals surface area contributed by atoms with Crippen LogP contribution in [0.25, 0.3) is 22.4 Å². The molecule has 0 saturated heterocycles. The highest BCUT2D eigenvalue weighted by atomic mass is 16.3. The van der Waals surface area contributed by atoms with Gasteiger partial charge >= 0.3 is 0 Å². The van der Waals surface area contributed by atoms with E-state index in [9.17, 15) is 4.91 Å². The van der Waals surface area contributed by atoms with Gasteiger partial charge in [-0.1, -0.05) is 53.2 Å². The quantitative estimate of drug-likeness (QED) is 0.765. The molecule has 0 heterocycles. The van der Waals surface area contributed by atoms with Crippen molar-refractivity contribution in [3.63, 3.8) is 0 Å². The summed E-state index contributed by atoms with van der Waals surface area (Å²) in [7, 11) is 0. The molecule has 3 aliphatic carbocycles. The topological polar surface area (TPSA) is 29.4 Å². The Morgan fingerprint density at radius 1 is 1.04 bits per heavy atom. The molecule has 26 heavy (non-hydrogen) atoms. The number of aryl methyl sites for hydroxylation is 2. The van der Waals surface area contributed by atoms with Crippen LogP contribution in [0, 0.1) is 10.8 Å². The maximum absolute atomic E-state index is 10.8. The van der Waals surface area contributed by atoms with Crippen molar-refractivity contribution in [3.05, 3.63) is 74.0 Å². The number of allylic oxidation sites excluding steroid dienone is 3. The summed E-state index contributed by atoms with van der Waals surface area (Å²) in [5.74, 6) is 0.245. The number of hydrogen-bond donors (Lipinski definition) is 0. The smallest absolute Gasteiger partial charge is 0.0877 e. The van der Waals surface area contributed by atoms with Crippen LogP contribution in [-0.2, 0) is 12.8 Å². The number of benzene rings is 2. The predicted octanol–water partition coefficient (Wildman–Crippen LogP) is 4.32. The van der Waals surface area contributed by atoms with Gasteiger partial charge in [-0.2, -0.15) is 4.91 Å². The minimum atomic E-state index is 0.245. The highest BCUT2D eigenvalue weighted by Crippen LogP contribution is 2.34. The van der Waals surface area contributed by atoms with Crippen LogP contribution in [0.2, 0.25) is 0 Å². The molecule has 0 aromatic heterocycles. The summed E-state index contributed by atoms with van der Waals surface area (Å²) in [6.07, 6.45) is 12.3. The van der Waals surface area contributed by atoms with Gasteiger partial charge in [-0.05, 0) is 82.5 Å². The number of nitroso groups, excluding NO2 is 1. The minimum absolute atomic E-state index is 0.245. The minimum Gasteiger partial charge on any atom is -0.151 e. The second kappa shape index (κ2) is 6.05. The SMILES string of the molecule is CC1=CC(CN=O)CC(C2=c3ccc4c5c(ccc(c35)CC2)=CCC4)=C1. The Kier molecular flexibility index (Phi) is 3.66. The third kappa shape index (κ3) is 2.39. The molecule has 2 nitrogen and oxygen atoms in total. The zero-order chi connectivity index (χ0) is 17.7. The van der Waals surface area contributed by atoms with Gasteiger partial charge in [0, 0.05) is 5.92 Å². The molecule has 3 aliphatic rings. The van der Waals surface area contributed by atoms with Crippen LogP contribution in [0.15, 0.2) is 52.7 Å². The van der Waals surface area contributed by atoms with Crippen molar-refractivity contribution in [1.29, 1.82) is 0 Å². The summed E-state index contributed by atoms with van der Waals surface area (Å²) >= 11 is 0. The fourth-order valence-corrected chi connectivity index (χ4v) is 5.13. The second-order valence-corrected chi connectivity index (χ2v) is 7.91. The van der Waals surface area contributed by atoms with Gasteiger partial charge in [-0.25, -0.2) is 0 Å². The van der Waals surface area contributed by atoms with Crippen LogP contribution < -0.4 is 10.4 Å². The Morgan fingerprint density at radius 3 is 2.77 bits per heavy atom. The van der Waals surface area contributed by atoms with Crippen molar-refractivity contribution in [1.82, 2.24) is 0 Å². The third-order valence-corrected chi connectivity index (χ3v) is 6.19. The van der Waals surface area contributed by atoms with Crippen molar-refractivity contribution in [3.8, 4) is 0 Å². The van der Waals surface area contributed by atoms with E-state index in [4.69, 9.17) is 0 Å². The summed E-state index contributed by atoms with van der Waals surface area (Å²) in [6, 6.07) is 9.35. The van der Waals surface area contributed by atoms with Crippen molar-refractivity contribution < 1.29 is 0 Å². The molecule has 0 radical (unpaired) electrons. The van der Waals surface area contributed by atoms with Gasteiger partial charge in [0.2, 0.25) is 0 Å². The second-order valence-electron chi connectivity index (χ2n) is 7.91. The lowest BCUT2D eigenvalue weighted by Gasteiger charge is -2.25. The Hall–Kier alpha value is -2.48. The number of hydrogen-bond acceptors (Lipinski definition) is 2. The standard InChI is InChI=1S/C24H23NO/c1-15-11-16(14-25-26)13-20(12-15)21-9-7-19-6-5-17-3-2-4-18-8-10-22(21)24(19)23(17)18/h3,5-6,8,10-12,16H,2,4,7,9,13-14H2,1H3. The first kappa shape index (κ1) is 15.7. The molecular weight excluding hydrogens is 318 g/mol. The fraction of sp³-hybridized carbons (Fsp3) is 0.333. The van der Waals surface area contributed by atoms with Crippen molar-refractivity contribution in [2.24, 2.45) is 11.1 Å². The highest BCUT2D eigenvalue weighted by molar-refractivity contribution is 5.94.